The fourth-order valence-corrected chi connectivity index (χ4v) is 2.67. The summed E-state index contributed by atoms with van der Waals surface area (Å²) >= 11 is 1.77. The van der Waals surface area contributed by atoms with Crippen LogP contribution in [0.5, 0.6) is 0 Å². The molecule has 18 heavy (non-hydrogen) atoms. The maximum atomic E-state index is 12.0. The van der Waals surface area contributed by atoms with Crippen LogP contribution in [0.15, 0.2) is 35.8 Å². The number of hydrogen-bond donors (Lipinski definition) is 1. The Bertz CT molecular complexity index is 476. The number of aromatic nitrogens is 1. The van der Waals surface area contributed by atoms with Crippen molar-refractivity contribution in [2.75, 3.05) is 13.6 Å². The number of ketones is 1. The first-order chi connectivity index (χ1) is 8.66. The van der Waals surface area contributed by atoms with E-state index in [1.165, 1.54) is 4.88 Å². The van der Waals surface area contributed by atoms with Gasteiger partial charge in [-0.3, -0.25) is 9.69 Å². The predicted octanol–water partition coefficient (Wildman–Crippen LogP) is 2.82. The third-order valence-electron chi connectivity index (χ3n) is 3.12. The van der Waals surface area contributed by atoms with Crippen molar-refractivity contribution < 1.29 is 4.79 Å². The summed E-state index contributed by atoms with van der Waals surface area (Å²) in [4.78, 5) is 18.4. The Kier molecular flexibility index (Phi) is 4.33. The lowest BCUT2D eigenvalue weighted by Crippen LogP contribution is -2.35. The molecular weight excluding hydrogens is 244 g/mol. The normalized spacial score (nSPS) is 12.8. The van der Waals surface area contributed by atoms with Gasteiger partial charge in [-0.25, -0.2) is 0 Å². The number of nitrogens with one attached hydrogen (secondary N) is 1. The van der Waals surface area contributed by atoms with Gasteiger partial charge in [0, 0.05) is 17.1 Å². The van der Waals surface area contributed by atoms with Crippen molar-refractivity contribution in [2.45, 2.75) is 19.4 Å². The molecule has 0 aliphatic heterocycles. The second-order valence-corrected chi connectivity index (χ2v) is 5.59. The summed E-state index contributed by atoms with van der Waals surface area (Å²) < 4.78 is 0. The highest BCUT2D eigenvalue weighted by atomic mass is 32.1. The molecule has 96 valence electrons. The average molecular weight is 262 g/mol. The van der Waals surface area contributed by atoms with Gasteiger partial charge in [0.2, 0.25) is 0 Å². The zero-order valence-corrected chi connectivity index (χ0v) is 11.5. The molecule has 4 heteroatoms. The van der Waals surface area contributed by atoms with Crippen LogP contribution in [0.3, 0.4) is 0 Å². The first-order valence-electron chi connectivity index (χ1n) is 6.06. The highest BCUT2D eigenvalue weighted by Crippen LogP contribution is 2.13. The van der Waals surface area contributed by atoms with Gasteiger partial charge >= 0.3 is 0 Å². The molecule has 0 saturated heterocycles. The Labute approximate surface area is 111 Å². The summed E-state index contributed by atoms with van der Waals surface area (Å²) in [5.74, 6) is 0.139. The first kappa shape index (κ1) is 13.1. The average Bonchev–Trinajstić information content (AvgIpc) is 3.01. The highest BCUT2D eigenvalue weighted by molar-refractivity contribution is 7.09. The number of thiophene rings is 1. The molecule has 0 saturated carbocycles. The minimum atomic E-state index is 0.139. The monoisotopic (exact) mass is 262 g/mol. The van der Waals surface area contributed by atoms with E-state index in [0.717, 1.165) is 6.42 Å². The van der Waals surface area contributed by atoms with Gasteiger partial charge in [-0.1, -0.05) is 6.07 Å². The summed E-state index contributed by atoms with van der Waals surface area (Å²) in [5.41, 5.74) is 0.685. The molecular formula is C14H18N2OS. The fraction of sp³-hybridized carbons (Fsp3) is 0.357. The number of nitrogens with zero attached hydrogens (tertiary/aromatic N) is 1. The zero-order valence-electron chi connectivity index (χ0n) is 10.7. The van der Waals surface area contributed by atoms with Crippen molar-refractivity contribution in [3.05, 3.63) is 46.4 Å². The molecule has 0 bridgehead atoms. The number of carbonyl (C=O) groups is 1. The molecule has 0 aliphatic carbocycles. The SMILES string of the molecule is CC(Cc1cccs1)N(C)CC(=O)c1ccc[nH]1. The molecule has 0 aliphatic rings. The number of hydrogen-bond acceptors (Lipinski definition) is 3. The van der Waals surface area contributed by atoms with Crippen LogP contribution in [0.4, 0.5) is 0 Å². The quantitative estimate of drug-likeness (QED) is 0.813. The van der Waals surface area contributed by atoms with Crippen LogP contribution in [0.25, 0.3) is 0 Å². The van der Waals surface area contributed by atoms with E-state index in [-0.39, 0.29) is 5.78 Å². The van der Waals surface area contributed by atoms with Gasteiger partial charge in [0.25, 0.3) is 0 Å². The van der Waals surface area contributed by atoms with Gasteiger partial charge < -0.3 is 4.98 Å². The van der Waals surface area contributed by atoms with E-state index in [4.69, 9.17) is 0 Å². The molecule has 0 spiro atoms. The number of carbonyl (C=O) groups excluding carboxylic acids is 1. The van der Waals surface area contributed by atoms with Gasteiger partial charge in [-0.15, -0.1) is 11.3 Å². The van der Waals surface area contributed by atoms with Gasteiger partial charge in [0.15, 0.2) is 5.78 Å². The van der Waals surface area contributed by atoms with Gasteiger partial charge in [0.05, 0.1) is 12.2 Å². The number of Topliss-reactive ketones (excluding diaryl/α,β-unsaturated/α-hetero) is 1. The van der Waals surface area contributed by atoms with Gasteiger partial charge in [-0.05, 0) is 44.0 Å². The number of likely N-dealkylation sites (N-methyl/N-ethyl adjacent to an activating group) is 1. The molecule has 2 aromatic rings. The van der Waals surface area contributed by atoms with Crippen LogP contribution >= 0.6 is 11.3 Å². The molecule has 2 aromatic heterocycles. The Morgan fingerprint density at radius 3 is 2.89 bits per heavy atom. The van der Waals surface area contributed by atoms with Crippen molar-refractivity contribution in [3.63, 3.8) is 0 Å². The Balaban J connectivity index is 1.87. The van der Waals surface area contributed by atoms with Crippen molar-refractivity contribution in [1.82, 2.24) is 9.88 Å². The lowest BCUT2D eigenvalue weighted by atomic mass is 10.1. The molecule has 0 aromatic carbocycles. The van der Waals surface area contributed by atoms with Crippen molar-refractivity contribution in [3.8, 4) is 0 Å². The van der Waals surface area contributed by atoms with Crippen LogP contribution in [-0.2, 0) is 6.42 Å². The van der Waals surface area contributed by atoms with E-state index in [2.05, 4.69) is 34.3 Å². The van der Waals surface area contributed by atoms with Crippen LogP contribution in [-0.4, -0.2) is 35.3 Å². The largest absolute Gasteiger partial charge is 0.359 e. The smallest absolute Gasteiger partial charge is 0.192 e. The van der Waals surface area contributed by atoms with Crippen LogP contribution in [0.2, 0.25) is 0 Å². The van der Waals surface area contributed by atoms with E-state index in [9.17, 15) is 4.79 Å². The summed E-state index contributed by atoms with van der Waals surface area (Å²) in [5, 5.41) is 2.09. The van der Waals surface area contributed by atoms with Crippen LogP contribution in [0.1, 0.15) is 22.3 Å². The standard InChI is InChI=1S/C14H18N2OS/c1-11(9-12-5-4-8-18-12)16(2)10-14(17)13-6-3-7-15-13/h3-8,11,15H,9-10H2,1-2H3. The van der Waals surface area contributed by atoms with Gasteiger partial charge in [0.1, 0.15) is 0 Å². The molecule has 2 heterocycles. The zero-order chi connectivity index (χ0) is 13.0. The molecule has 1 unspecified atom stereocenters. The van der Waals surface area contributed by atoms with Crippen LogP contribution < -0.4 is 0 Å². The summed E-state index contributed by atoms with van der Waals surface area (Å²) in [7, 11) is 2.00. The highest BCUT2D eigenvalue weighted by Gasteiger charge is 2.15. The molecule has 1 N–H and O–H groups in total. The molecule has 0 radical (unpaired) electrons. The van der Waals surface area contributed by atoms with E-state index in [1.807, 2.05) is 19.2 Å². The lowest BCUT2D eigenvalue weighted by Gasteiger charge is -2.23. The molecule has 1 atom stereocenters. The van der Waals surface area contributed by atoms with Crippen molar-refractivity contribution in [1.29, 1.82) is 0 Å². The Morgan fingerprint density at radius 2 is 2.28 bits per heavy atom. The third-order valence-corrected chi connectivity index (χ3v) is 4.02. The number of rotatable bonds is 6. The van der Waals surface area contributed by atoms with E-state index < -0.39 is 0 Å². The maximum absolute atomic E-state index is 12.0. The van der Waals surface area contributed by atoms with E-state index >= 15 is 0 Å². The fourth-order valence-electron chi connectivity index (χ4n) is 1.85. The van der Waals surface area contributed by atoms with Crippen molar-refractivity contribution in [2.24, 2.45) is 0 Å². The summed E-state index contributed by atoms with van der Waals surface area (Å²) in [6.45, 7) is 2.61. The second-order valence-electron chi connectivity index (χ2n) is 4.55. The maximum Gasteiger partial charge on any atom is 0.192 e. The molecule has 3 nitrogen and oxygen atoms in total. The third kappa shape index (κ3) is 3.31. The minimum Gasteiger partial charge on any atom is -0.359 e. The van der Waals surface area contributed by atoms with E-state index in [1.54, 1.807) is 17.5 Å². The predicted molar refractivity (Wildman–Crippen MR) is 75.2 cm³/mol. The second kappa shape index (κ2) is 5.98. The van der Waals surface area contributed by atoms with Crippen molar-refractivity contribution >= 4 is 17.1 Å². The number of aromatic amines is 1. The Hall–Kier alpha value is -1.39. The number of H-pyrrole nitrogens is 1. The Morgan fingerprint density at radius 1 is 1.44 bits per heavy atom. The molecule has 2 rings (SSSR count). The van der Waals surface area contributed by atoms with Gasteiger partial charge in [-0.2, -0.15) is 0 Å². The topological polar surface area (TPSA) is 36.1 Å². The first-order valence-corrected chi connectivity index (χ1v) is 6.94. The summed E-state index contributed by atoms with van der Waals surface area (Å²) in [6.07, 6.45) is 2.77. The molecule has 0 fully saturated rings. The minimum absolute atomic E-state index is 0.139. The summed E-state index contributed by atoms with van der Waals surface area (Å²) in [6, 6.07) is 8.24. The van der Waals surface area contributed by atoms with E-state index in [0.29, 0.717) is 18.3 Å². The lowest BCUT2D eigenvalue weighted by molar-refractivity contribution is 0.0920. The van der Waals surface area contributed by atoms with Crippen LogP contribution in [0, 0.1) is 0 Å². The molecule has 0 amide bonds.